The normalized spacial score (nSPS) is 11.8. The summed E-state index contributed by atoms with van der Waals surface area (Å²) >= 11 is 5.81. The average molecular weight is 163 g/mol. The van der Waals surface area contributed by atoms with Gasteiger partial charge in [-0.3, -0.25) is 0 Å². The molecule has 0 atom stereocenters. The molecule has 60 valence electrons. The number of likely N-dealkylation sites (N-methyl/N-ethyl adjacent to an activating group) is 1. The van der Waals surface area contributed by atoms with Crippen molar-refractivity contribution in [2.45, 2.75) is 6.92 Å². The minimum absolute atomic E-state index is 0.760. The van der Waals surface area contributed by atoms with Crippen LogP contribution in [0, 0.1) is 0 Å². The zero-order valence-electron chi connectivity index (χ0n) is 6.82. The summed E-state index contributed by atoms with van der Waals surface area (Å²) in [7, 11) is 3.91. The van der Waals surface area contributed by atoms with Crippen molar-refractivity contribution in [2.24, 2.45) is 0 Å². The Labute approximate surface area is 67.9 Å². The molecule has 0 aromatic rings. The first-order valence-electron chi connectivity index (χ1n) is 3.40. The van der Waals surface area contributed by atoms with Crippen LogP contribution in [0.3, 0.4) is 0 Å². The van der Waals surface area contributed by atoms with Gasteiger partial charge in [0, 0.05) is 31.9 Å². The Kier molecular flexibility index (Phi) is 5.45. The van der Waals surface area contributed by atoms with E-state index < -0.39 is 0 Å². The zero-order valence-corrected chi connectivity index (χ0v) is 7.57. The molecule has 0 heterocycles. The predicted molar refractivity (Wildman–Crippen MR) is 46.2 cm³/mol. The van der Waals surface area contributed by atoms with Gasteiger partial charge in [-0.1, -0.05) is 18.5 Å². The van der Waals surface area contributed by atoms with Crippen LogP contribution < -0.4 is 5.32 Å². The van der Waals surface area contributed by atoms with E-state index in [1.807, 2.05) is 25.2 Å². The molecule has 0 aliphatic carbocycles. The Hall–Kier alpha value is -0.210. The number of halogens is 1. The van der Waals surface area contributed by atoms with Crippen molar-refractivity contribution in [2.75, 3.05) is 27.2 Å². The van der Waals surface area contributed by atoms with Crippen molar-refractivity contribution in [1.29, 1.82) is 0 Å². The number of rotatable bonds is 4. The molecule has 0 amide bonds. The van der Waals surface area contributed by atoms with Crippen molar-refractivity contribution < 1.29 is 0 Å². The van der Waals surface area contributed by atoms with Gasteiger partial charge in [0.25, 0.3) is 0 Å². The lowest BCUT2D eigenvalue weighted by atomic mass is 10.5. The summed E-state index contributed by atoms with van der Waals surface area (Å²) in [5.41, 5.74) is 0. The summed E-state index contributed by atoms with van der Waals surface area (Å²) in [5.74, 6) is 0. The maximum atomic E-state index is 5.81. The Morgan fingerprint density at radius 3 is 2.60 bits per heavy atom. The second-order valence-electron chi connectivity index (χ2n) is 2.32. The summed E-state index contributed by atoms with van der Waals surface area (Å²) in [4.78, 5) is 1.93. The number of hydrogen-bond acceptors (Lipinski definition) is 2. The monoisotopic (exact) mass is 162 g/mol. The summed E-state index contributed by atoms with van der Waals surface area (Å²) in [6.45, 7) is 3.77. The molecular formula is C7H15ClN2. The lowest BCUT2D eigenvalue weighted by Crippen LogP contribution is -2.15. The van der Waals surface area contributed by atoms with Crippen LogP contribution in [-0.2, 0) is 0 Å². The molecular weight excluding hydrogens is 148 g/mol. The molecule has 0 spiro atoms. The number of hydrogen-bond donors (Lipinski definition) is 1. The molecule has 0 rings (SSSR count). The van der Waals surface area contributed by atoms with Gasteiger partial charge in [-0.2, -0.15) is 0 Å². The maximum Gasteiger partial charge on any atom is 0.0477 e. The largest absolute Gasteiger partial charge is 0.383 e. The Morgan fingerprint density at radius 2 is 2.20 bits per heavy atom. The molecule has 0 fully saturated rings. The van der Waals surface area contributed by atoms with Crippen LogP contribution in [0.25, 0.3) is 0 Å². The van der Waals surface area contributed by atoms with Gasteiger partial charge in [-0.15, -0.1) is 0 Å². The Morgan fingerprint density at radius 1 is 1.60 bits per heavy atom. The van der Waals surface area contributed by atoms with E-state index in [2.05, 4.69) is 12.2 Å². The van der Waals surface area contributed by atoms with E-state index in [0.717, 1.165) is 18.1 Å². The van der Waals surface area contributed by atoms with E-state index in [-0.39, 0.29) is 0 Å². The minimum atomic E-state index is 0.760. The van der Waals surface area contributed by atoms with Crippen LogP contribution in [0.1, 0.15) is 6.92 Å². The minimum Gasteiger partial charge on any atom is -0.383 e. The molecule has 0 aromatic carbocycles. The highest BCUT2D eigenvalue weighted by molar-refractivity contribution is 6.29. The molecule has 3 heteroatoms. The van der Waals surface area contributed by atoms with Crippen LogP contribution >= 0.6 is 11.6 Å². The summed E-state index contributed by atoms with van der Waals surface area (Å²) in [6, 6.07) is 0. The summed E-state index contributed by atoms with van der Waals surface area (Å²) < 4.78 is 0. The van der Waals surface area contributed by atoms with E-state index >= 15 is 0 Å². The quantitative estimate of drug-likeness (QED) is 0.669. The van der Waals surface area contributed by atoms with E-state index in [9.17, 15) is 0 Å². The van der Waals surface area contributed by atoms with Crippen molar-refractivity contribution in [3.05, 3.63) is 11.2 Å². The Balaban J connectivity index is 3.49. The fourth-order valence-electron chi connectivity index (χ4n) is 0.570. The van der Waals surface area contributed by atoms with E-state index in [0.29, 0.717) is 0 Å². The maximum absolute atomic E-state index is 5.81. The molecule has 0 saturated heterocycles. The van der Waals surface area contributed by atoms with Gasteiger partial charge in [0.2, 0.25) is 0 Å². The molecule has 0 aliphatic rings. The van der Waals surface area contributed by atoms with Crippen molar-refractivity contribution in [1.82, 2.24) is 10.2 Å². The zero-order chi connectivity index (χ0) is 7.98. The van der Waals surface area contributed by atoms with Gasteiger partial charge in [-0.05, 0) is 6.54 Å². The van der Waals surface area contributed by atoms with E-state index in [1.165, 1.54) is 0 Å². The van der Waals surface area contributed by atoms with Crippen molar-refractivity contribution in [3.63, 3.8) is 0 Å². The molecule has 0 aromatic heterocycles. The molecule has 0 aliphatic heterocycles. The van der Waals surface area contributed by atoms with Crippen LogP contribution in [0.4, 0.5) is 0 Å². The molecule has 0 radical (unpaired) electrons. The van der Waals surface area contributed by atoms with Gasteiger partial charge in [0.1, 0.15) is 0 Å². The van der Waals surface area contributed by atoms with Crippen LogP contribution in [0.2, 0.25) is 0 Å². The SMILES string of the molecule is CCNC/C(Cl)=C/N(C)C. The number of nitrogens with zero attached hydrogens (tertiary/aromatic N) is 1. The summed E-state index contributed by atoms with van der Waals surface area (Å²) in [6.07, 6.45) is 1.89. The third-order valence-corrected chi connectivity index (χ3v) is 1.17. The molecule has 1 N–H and O–H groups in total. The standard InChI is InChI=1S/C7H15ClN2/c1-4-9-5-7(8)6-10(2)3/h6,9H,4-5H2,1-3H3/b7-6-. The highest BCUT2D eigenvalue weighted by Crippen LogP contribution is 1.98. The predicted octanol–water partition coefficient (Wildman–Crippen LogP) is 1.24. The fourth-order valence-corrected chi connectivity index (χ4v) is 0.860. The van der Waals surface area contributed by atoms with Crippen molar-refractivity contribution >= 4 is 11.6 Å². The highest BCUT2D eigenvalue weighted by Gasteiger charge is 1.89. The van der Waals surface area contributed by atoms with E-state index in [1.54, 1.807) is 0 Å². The molecule has 2 nitrogen and oxygen atoms in total. The second-order valence-corrected chi connectivity index (χ2v) is 2.81. The summed E-state index contributed by atoms with van der Waals surface area (Å²) in [5, 5.41) is 3.97. The van der Waals surface area contributed by atoms with Crippen LogP contribution in [-0.4, -0.2) is 32.1 Å². The van der Waals surface area contributed by atoms with Crippen molar-refractivity contribution in [3.8, 4) is 0 Å². The van der Waals surface area contributed by atoms with Gasteiger partial charge >= 0.3 is 0 Å². The Bertz CT molecular complexity index is 110. The first-order chi connectivity index (χ1) is 4.66. The number of nitrogens with one attached hydrogen (secondary N) is 1. The topological polar surface area (TPSA) is 15.3 Å². The van der Waals surface area contributed by atoms with Gasteiger partial charge in [0.05, 0.1) is 0 Å². The lowest BCUT2D eigenvalue weighted by Gasteiger charge is -2.06. The molecule has 10 heavy (non-hydrogen) atoms. The first-order valence-corrected chi connectivity index (χ1v) is 3.78. The second kappa shape index (κ2) is 5.57. The lowest BCUT2D eigenvalue weighted by molar-refractivity contribution is 0.558. The molecule has 0 unspecified atom stereocenters. The van der Waals surface area contributed by atoms with Gasteiger partial charge in [0.15, 0.2) is 0 Å². The van der Waals surface area contributed by atoms with Crippen LogP contribution in [0.15, 0.2) is 11.2 Å². The average Bonchev–Trinajstić information content (AvgIpc) is 1.82. The van der Waals surface area contributed by atoms with Gasteiger partial charge < -0.3 is 10.2 Å². The van der Waals surface area contributed by atoms with Crippen LogP contribution in [0.5, 0.6) is 0 Å². The first kappa shape index (κ1) is 9.79. The smallest absolute Gasteiger partial charge is 0.0477 e. The van der Waals surface area contributed by atoms with E-state index in [4.69, 9.17) is 11.6 Å². The molecule has 0 bridgehead atoms. The molecule has 0 saturated carbocycles. The van der Waals surface area contributed by atoms with Gasteiger partial charge in [-0.25, -0.2) is 0 Å². The third kappa shape index (κ3) is 5.92. The third-order valence-electron chi connectivity index (χ3n) is 0.942. The highest BCUT2D eigenvalue weighted by atomic mass is 35.5. The fraction of sp³-hybridized carbons (Fsp3) is 0.714.